The summed E-state index contributed by atoms with van der Waals surface area (Å²) in [4.78, 5) is 10.8. The first kappa shape index (κ1) is 12.6. The van der Waals surface area contributed by atoms with Crippen molar-refractivity contribution in [1.29, 1.82) is 0 Å². The lowest BCUT2D eigenvalue weighted by atomic mass is 10.0. The molecule has 0 saturated carbocycles. The molecule has 1 aromatic rings. The van der Waals surface area contributed by atoms with Gasteiger partial charge >= 0.3 is 0 Å². The average molecular weight is 256 g/mol. The maximum atomic E-state index is 5.80. The SMILES string of the molecule is CC(C)CC1COCCN1c1ncc(Cl)cn1. The molecule has 5 heteroatoms. The lowest BCUT2D eigenvalue weighted by Gasteiger charge is -2.36. The maximum absolute atomic E-state index is 5.80. The van der Waals surface area contributed by atoms with E-state index in [2.05, 4.69) is 28.7 Å². The number of morpholine rings is 1. The van der Waals surface area contributed by atoms with Crippen LogP contribution in [-0.2, 0) is 4.74 Å². The fourth-order valence-electron chi connectivity index (χ4n) is 2.11. The summed E-state index contributed by atoms with van der Waals surface area (Å²) in [5, 5.41) is 0.572. The van der Waals surface area contributed by atoms with E-state index in [0.29, 0.717) is 17.0 Å². The van der Waals surface area contributed by atoms with Crippen LogP contribution in [0.2, 0.25) is 5.02 Å². The predicted molar refractivity (Wildman–Crippen MR) is 68.5 cm³/mol. The molecule has 1 unspecified atom stereocenters. The first-order valence-corrected chi connectivity index (χ1v) is 6.36. The van der Waals surface area contributed by atoms with Crippen LogP contribution in [0, 0.1) is 5.92 Å². The van der Waals surface area contributed by atoms with Crippen molar-refractivity contribution < 1.29 is 4.74 Å². The topological polar surface area (TPSA) is 38.2 Å². The van der Waals surface area contributed by atoms with Gasteiger partial charge in [-0.05, 0) is 12.3 Å². The number of aromatic nitrogens is 2. The smallest absolute Gasteiger partial charge is 0.225 e. The molecular weight excluding hydrogens is 238 g/mol. The number of rotatable bonds is 3. The molecule has 0 spiro atoms. The molecule has 4 nitrogen and oxygen atoms in total. The molecule has 0 amide bonds. The fourth-order valence-corrected chi connectivity index (χ4v) is 2.21. The Hall–Kier alpha value is -0.870. The Morgan fingerprint density at radius 2 is 2.18 bits per heavy atom. The number of anilines is 1. The monoisotopic (exact) mass is 255 g/mol. The van der Waals surface area contributed by atoms with Gasteiger partial charge < -0.3 is 9.64 Å². The minimum absolute atomic E-state index is 0.366. The van der Waals surface area contributed by atoms with Crippen molar-refractivity contribution in [3.8, 4) is 0 Å². The summed E-state index contributed by atoms with van der Waals surface area (Å²) >= 11 is 5.80. The molecule has 2 heterocycles. The molecule has 1 aliphatic heterocycles. The Morgan fingerprint density at radius 3 is 2.82 bits per heavy atom. The van der Waals surface area contributed by atoms with Gasteiger partial charge in [-0.25, -0.2) is 9.97 Å². The Labute approximate surface area is 107 Å². The van der Waals surface area contributed by atoms with Crippen LogP contribution in [0.5, 0.6) is 0 Å². The second kappa shape index (κ2) is 5.65. The molecule has 0 N–H and O–H groups in total. The summed E-state index contributed by atoms with van der Waals surface area (Å²) in [5.74, 6) is 1.39. The zero-order chi connectivity index (χ0) is 12.3. The minimum atomic E-state index is 0.366. The lowest BCUT2D eigenvalue weighted by molar-refractivity contribution is 0.0869. The van der Waals surface area contributed by atoms with Crippen molar-refractivity contribution in [2.24, 2.45) is 5.92 Å². The molecule has 2 rings (SSSR count). The highest BCUT2D eigenvalue weighted by Crippen LogP contribution is 2.20. The molecule has 94 valence electrons. The van der Waals surface area contributed by atoms with Gasteiger partial charge in [-0.1, -0.05) is 25.4 Å². The Bertz CT molecular complexity index is 355. The van der Waals surface area contributed by atoms with Gasteiger partial charge in [-0.3, -0.25) is 0 Å². The van der Waals surface area contributed by atoms with Gasteiger partial charge in [0.1, 0.15) is 0 Å². The predicted octanol–water partition coefficient (Wildman–Crippen LogP) is 2.38. The van der Waals surface area contributed by atoms with Gasteiger partial charge in [0, 0.05) is 6.54 Å². The van der Waals surface area contributed by atoms with Gasteiger partial charge in [-0.15, -0.1) is 0 Å². The molecular formula is C12H18ClN3O. The third kappa shape index (κ3) is 3.30. The van der Waals surface area contributed by atoms with Crippen LogP contribution >= 0.6 is 11.6 Å². The van der Waals surface area contributed by atoms with Crippen molar-refractivity contribution in [3.05, 3.63) is 17.4 Å². The lowest BCUT2D eigenvalue weighted by Crippen LogP contribution is -2.47. The zero-order valence-electron chi connectivity index (χ0n) is 10.3. The van der Waals surface area contributed by atoms with E-state index in [1.54, 1.807) is 12.4 Å². The second-order valence-corrected chi connectivity index (χ2v) is 5.19. The van der Waals surface area contributed by atoms with Crippen LogP contribution in [-0.4, -0.2) is 35.8 Å². The summed E-state index contributed by atoms with van der Waals surface area (Å²) in [5.41, 5.74) is 0. The van der Waals surface area contributed by atoms with E-state index in [9.17, 15) is 0 Å². The third-order valence-corrected chi connectivity index (χ3v) is 3.03. The van der Waals surface area contributed by atoms with E-state index in [1.807, 2.05) is 0 Å². The molecule has 0 aliphatic carbocycles. The van der Waals surface area contributed by atoms with Gasteiger partial charge in [0.15, 0.2) is 0 Å². The average Bonchev–Trinajstić information content (AvgIpc) is 2.30. The number of halogens is 1. The molecule has 0 bridgehead atoms. The normalized spacial score (nSPS) is 20.9. The summed E-state index contributed by atoms with van der Waals surface area (Å²) in [6, 6.07) is 0.366. The summed E-state index contributed by atoms with van der Waals surface area (Å²) < 4.78 is 5.54. The standard InChI is InChI=1S/C12H18ClN3O/c1-9(2)5-11-8-17-4-3-16(11)12-14-6-10(13)7-15-12/h6-7,9,11H,3-5,8H2,1-2H3. The molecule has 1 fully saturated rings. The highest BCUT2D eigenvalue weighted by Gasteiger charge is 2.25. The zero-order valence-corrected chi connectivity index (χ0v) is 11.0. The van der Waals surface area contributed by atoms with E-state index in [1.165, 1.54) is 0 Å². The Balaban J connectivity index is 2.12. The van der Waals surface area contributed by atoms with Crippen LogP contribution < -0.4 is 4.90 Å². The first-order valence-electron chi connectivity index (χ1n) is 5.98. The highest BCUT2D eigenvalue weighted by atomic mass is 35.5. The number of nitrogens with zero attached hydrogens (tertiary/aromatic N) is 3. The summed E-state index contributed by atoms with van der Waals surface area (Å²) in [6.45, 7) is 6.77. The number of hydrogen-bond acceptors (Lipinski definition) is 4. The quantitative estimate of drug-likeness (QED) is 0.831. The van der Waals surface area contributed by atoms with Crippen molar-refractivity contribution in [3.63, 3.8) is 0 Å². The molecule has 17 heavy (non-hydrogen) atoms. The van der Waals surface area contributed by atoms with E-state index in [4.69, 9.17) is 16.3 Å². The minimum Gasteiger partial charge on any atom is -0.377 e. The maximum Gasteiger partial charge on any atom is 0.225 e. The van der Waals surface area contributed by atoms with E-state index < -0.39 is 0 Å². The van der Waals surface area contributed by atoms with Gasteiger partial charge in [-0.2, -0.15) is 0 Å². The fraction of sp³-hybridized carbons (Fsp3) is 0.667. The molecule has 0 radical (unpaired) electrons. The van der Waals surface area contributed by atoms with E-state index in [0.717, 1.165) is 32.1 Å². The molecule has 0 aromatic carbocycles. The first-order chi connectivity index (χ1) is 8.16. The summed E-state index contributed by atoms with van der Waals surface area (Å²) in [7, 11) is 0. The van der Waals surface area contributed by atoms with Gasteiger partial charge in [0.2, 0.25) is 5.95 Å². The van der Waals surface area contributed by atoms with Crippen LogP contribution in [0.4, 0.5) is 5.95 Å². The Morgan fingerprint density at radius 1 is 1.47 bits per heavy atom. The van der Waals surface area contributed by atoms with Crippen molar-refractivity contribution >= 4 is 17.5 Å². The molecule has 1 saturated heterocycles. The van der Waals surface area contributed by atoms with Crippen molar-refractivity contribution in [2.45, 2.75) is 26.3 Å². The molecule has 1 aromatic heterocycles. The Kier molecular flexibility index (Phi) is 4.18. The third-order valence-electron chi connectivity index (χ3n) is 2.83. The van der Waals surface area contributed by atoms with Crippen LogP contribution in [0.1, 0.15) is 20.3 Å². The molecule has 1 atom stereocenters. The molecule has 1 aliphatic rings. The number of ether oxygens (including phenoxy) is 1. The second-order valence-electron chi connectivity index (χ2n) is 4.75. The largest absolute Gasteiger partial charge is 0.377 e. The van der Waals surface area contributed by atoms with E-state index in [-0.39, 0.29) is 0 Å². The van der Waals surface area contributed by atoms with Gasteiger partial charge in [0.25, 0.3) is 0 Å². The van der Waals surface area contributed by atoms with Gasteiger partial charge in [0.05, 0.1) is 36.7 Å². The van der Waals surface area contributed by atoms with Crippen LogP contribution in [0.15, 0.2) is 12.4 Å². The number of hydrogen-bond donors (Lipinski definition) is 0. The highest BCUT2D eigenvalue weighted by molar-refractivity contribution is 6.30. The van der Waals surface area contributed by atoms with Crippen molar-refractivity contribution in [2.75, 3.05) is 24.7 Å². The van der Waals surface area contributed by atoms with Crippen molar-refractivity contribution in [1.82, 2.24) is 9.97 Å². The van der Waals surface area contributed by atoms with E-state index >= 15 is 0 Å². The summed E-state index contributed by atoms with van der Waals surface area (Å²) in [6.07, 6.45) is 4.38. The van der Waals surface area contributed by atoms with Crippen LogP contribution in [0.3, 0.4) is 0 Å². The van der Waals surface area contributed by atoms with Crippen LogP contribution in [0.25, 0.3) is 0 Å².